The SMILES string of the molecule is O=C1CC[C@@]2(CCOC2)CN1Cc1ccc(N2CCCC2=O)cc1. The van der Waals surface area contributed by atoms with Gasteiger partial charge in [0, 0.05) is 50.2 Å². The predicted octanol–water partition coefficient (Wildman–Crippen LogP) is 2.34. The summed E-state index contributed by atoms with van der Waals surface area (Å²) in [5.74, 6) is 0.448. The predicted molar refractivity (Wildman–Crippen MR) is 90.5 cm³/mol. The third-order valence-electron chi connectivity index (χ3n) is 5.63. The number of hydrogen-bond acceptors (Lipinski definition) is 3. The number of anilines is 1. The topological polar surface area (TPSA) is 49.9 Å². The van der Waals surface area contributed by atoms with Crippen molar-refractivity contribution in [2.75, 3.05) is 31.2 Å². The lowest BCUT2D eigenvalue weighted by Crippen LogP contribution is -2.46. The minimum atomic E-state index is 0.176. The molecule has 0 unspecified atom stereocenters. The standard InChI is InChI=1S/C19H24N2O3/c22-17-7-8-19(9-11-24-14-19)13-20(17)12-15-3-5-16(6-4-15)21-10-1-2-18(21)23/h3-6H,1-2,7-14H2/t19-/m1/s1. The largest absolute Gasteiger partial charge is 0.381 e. The van der Waals surface area contributed by atoms with Crippen molar-refractivity contribution in [3.63, 3.8) is 0 Å². The van der Waals surface area contributed by atoms with Crippen molar-refractivity contribution in [3.05, 3.63) is 29.8 Å². The summed E-state index contributed by atoms with van der Waals surface area (Å²) in [5, 5.41) is 0. The summed E-state index contributed by atoms with van der Waals surface area (Å²) >= 11 is 0. The lowest BCUT2D eigenvalue weighted by molar-refractivity contribution is -0.138. The van der Waals surface area contributed by atoms with Gasteiger partial charge < -0.3 is 14.5 Å². The van der Waals surface area contributed by atoms with E-state index in [2.05, 4.69) is 0 Å². The highest BCUT2D eigenvalue weighted by atomic mass is 16.5. The smallest absolute Gasteiger partial charge is 0.227 e. The number of hydrogen-bond donors (Lipinski definition) is 0. The second-order valence-corrected chi connectivity index (χ2v) is 7.37. The van der Waals surface area contributed by atoms with Crippen LogP contribution in [0.3, 0.4) is 0 Å². The average molecular weight is 328 g/mol. The molecule has 0 saturated carbocycles. The molecule has 4 rings (SSSR count). The van der Waals surface area contributed by atoms with Crippen LogP contribution < -0.4 is 4.90 Å². The summed E-state index contributed by atoms with van der Waals surface area (Å²) in [6.45, 7) is 3.87. The van der Waals surface area contributed by atoms with Gasteiger partial charge in [-0.3, -0.25) is 9.59 Å². The van der Waals surface area contributed by atoms with Crippen molar-refractivity contribution in [3.8, 4) is 0 Å². The van der Waals surface area contributed by atoms with Crippen molar-refractivity contribution in [2.24, 2.45) is 5.41 Å². The van der Waals surface area contributed by atoms with E-state index in [1.807, 2.05) is 34.1 Å². The molecule has 0 radical (unpaired) electrons. The normalized spacial score (nSPS) is 27.5. The highest BCUT2D eigenvalue weighted by Crippen LogP contribution is 2.38. The molecule has 1 aromatic rings. The molecule has 5 nitrogen and oxygen atoms in total. The Bertz CT molecular complexity index is 635. The van der Waals surface area contributed by atoms with Gasteiger partial charge in [-0.2, -0.15) is 0 Å². The van der Waals surface area contributed by atoms with E-state index in [1.54, 1.807) is 0 Å². The Labute approximate surface area is 142 Å². The second kappa shape index (κ2) is 6.20. The van der Waals surface area contributed by atoms with E-state index in [4.69, 9.17) is 4.74 Å². The molecule has 1 aromatic carbocycles. The first kappa shape index (κ1) is 15.6. The van der Waals surface area contributed by atoms with E-state index < -0.39 is 0 Å². The minimum Gasteiger partial charge on any atom is -0.381 e. The van der Waals surface area contributed by atoms with Crippen LogP contribution in [0.5, 0.6) is 0 Å². The number of carbonyl (C=O) groups is 2. The average Bonchev–Trinajstić information content (AvgIpc) is 3.22. The molecular formula is C19H24N2O3. The molecule has 0 aliphatic carbocycles. The van der Waals surface area contributed by atoms with E-state index in [1.165, 1.54) is 0 Å². The summed E-state index contributed by atoms with van der Waals surface area (Å²) in [4.78, 5) is 27.9. The molecular weight excluding hydrogens is 304 g/mol. The van der Waals surface area contributed by atoms with Crippen LogP contribution in [-0.4, -0.2) is 43.0 Å². The lowest BCUT2D eigenvalue weighted by Gasteiger charge is -2.39. The van der Waals surface area contributed by atoms with Crippen LogP contribution in [-0.2, 0) is 20.9 Å². The van der Waals surface area contributed by atoms with Gasteiger partial charge in [0.15, 0.2) is 0 Å². The molecule has 1 atom stereocenters. The number of piperidine rings is 1. The maximum absolute atomic E-state index is 12.3. The molecule has 3 aliphatic heterocycles. The Kier molecular flexibility index (Phi) is 4.04. The van der Waals surface area contributed by atoms with Crippen LogP contribution in [0.1, 0.15) is 37.7 Å². The van der Waals surface area contributed by atoms with Crippen LogP contribution in [0.4, 0.5) is 5.69 Å². The zero-order valence-corrected chi connectivity index (χ0v) is 14.0. The van der Waals surface area contributed by atoms with E-state index in [-0.39, 0.29) is 17.2 Å². The number of carbonyl (C=O) groups excluding carboxylic acids is 2. The number of likely N-dealkylation sites (tertiary alicyclic amines) is 1. The molecule has 1 spiro atoms. The van der Waals surface area contributed by atoms with Crippen LogP contribution in [0.15, 0.2) is 24.3 Å². The van der Waals surface area contributed by atoms with E-state index in [0.29, 0.717) is 19.4 Å². The molecule has 5 heteroatoms. The zero-order chi connectivity index (χ0) is 16.6. The minimum absolute atomic E-state index is 0.176. The fourth-order valence-corrected chi connectivity index (χ4v) is 4.14. The molecule has 3 heterocycles. The summed E-state index contributed by atoms with van der Waals surface area (Å²) in [5.41, 5.74) is 2.26. The van der Waals surface area contributed by atoms with E-state index in [9.17, 15) is 9.59 Å². The molecule has 24 heavy (non-hydrogen) atoms. The number of ether oxygens (including phenoxy) is 1. The lowest BCUT2D eigenvalue weighted by atomic mass is 9.79. The molecule has 3 saturated heterocycles. The van der Waals surface area contributed by atoms with Crippen molar-refractivity contribution < 1.29 is 14.3 Å². The van der Waals surface area contributed by atoms with Gasteiger partial charge in [0.25, 0.3) is 0 Å². The molecule has 3 fully saturated rings. The number of nitrogens with zero attached hydrogens (tertiary/aromatic N) is 2. The van der Waals surface area contributed by atoms with Gasteiger partial charge in [0.1, 0.15) is 0 Å². The van der Waals surface area contributed by atoms with Crippen LogP contribution in [0.25, 0.3) is 0 Å². The van der Waals surface area contributed by atoms with Crippen molar-refractivity contribution in [1.29, 1.82) is 0 Å². The molecule has 2 amide bonds. The fraction of sp³-hybridized carbons (Fsp3) is 0.579. The monoisotopic (exact) mass is 328 g/mol. The zero-order valence-electron chi connectivity index (χ0n) is 14.0. The molecule has 128 valence electrons. The van der Waals surface area contributed by atoms with Gasteiger partial charge in [-0.25, -0.2) is 0 Å². The number of amides is 2. The maximum Gasteiger partial charge on any atom is 0.227 e. The highest BCUT2D eigenvalue weighted by molar-refractivity contribution is 5.95. The maximum atomic E-state index is 12.3. The third kappa shape index (κ3) is 2.93. The van der Waals surface area contributed by atoms with Gasteiger partial charge in [0.05, 0.1) is 6.61 Å². The molecule has 0 aromatic heterocycles. The molecule has 0 bridgehead atoms. The number of rotatable bonds is 3. The van der Waals surface area contributed by atoms with Gasteiger partial charge in [-0.1, -0.05) is 12.1 Å². The Balaban J connectivity index is 1.44. The Morgan fingerprint density at radius 2 is 1.88 bits per heavy atom. The molecule has 0 N–H and O–H groups in total. The van der Waals surface area contributed by atoms with Gasteiger partial charge in [-0.15, -0.1) is 0 Å². The van der Waals surface area contributed by atoms with Gasteiger partial charge in [0.2, 0.25) is 11.8 Å². The summed E-state index contributed by atoms with van der Waals surface area (Å²) in [6.07, 6.45) is 4.23. The van der Waals surface area contributed by atoms with Crippen LogP contribution in [0, 0.1) is 5.41 Å². The Hall–Kier alpha value is -1.88. The van der Waals surface area contributed by atoms with Crippen molar-refractivity contribution in [2.45, 2.75) is 38.6 Å². The van der Waals surface area contributed by atoms with Gasteiger partial charge in [-0.05, 0) is 37.0 Å². The Morgan fingerprint density at radius 3 is 2.54 bits per heavy atom. The van der Waals surface area contributed by atoms with E-state index >= 15 is 0 Å². The van der Waals surface area contributed by atoms with Crippen molar-refractivity contribution >= 4 is 17.5 Å². The first-order valence-electron chi connectivity index (χ1n) is 8.90. The first-order valence-corrected chi connectivity index (χ1v) is 8.90. The quantitative estimate of drug-likeness (QED) is 0.856. The second-order valence-electron chi connectivity index (χ2n) is 7.37. The van der Waals surface area contributed by atoms with Crippen LogP contribution in [0.2, 0.25) is 0 Å². The molecule has 3 aliphatic rings. The number of benzene rings is 1. The van der Waals surface area contributed by atoms with E-state index in [0.717, 1.165) is 56.8 Å². The Morgan fingerprint density at radius 1 is 1.04 bits per heavy atom. The van der Waals surface area contributed by atoms with Crippen molar-refractivity contribution in [1.82, 2.24) is 4.90 Å². The third-order valence-corrected chi connectivity index (χ3v) is 5.63. The summed E-state index contributed by atoms with van der Waals surface area (Å²) in [7, 11) is 0. The fourth-order valence-electron chi connectivity index (χ4n) is 4.14. The first-order chi connectivity index (χ1) is 11.7. The van der Waals surface area contributed by atoms with Gasteiger partial charge >= 0.3 is 0 Å². The van der Waals surface area contributed by atoms with Crippen LogP contribution >= 0.6 is 0 Å². The summed E-state index contributed by atoms with van der Waals surface area (Å²) in [6, 6.07) is 8.09. The highest BCUT2D eigenvalue weighted by Gasteiger charge is 2.41. The summed E-state index contributed by atoms with van der Waals surface area (Å²) < 4.78 is 5.58.